The summed E-state index contributed by atoms with van der Waals surface area (Å²) in [6.45, 7) is 7.57. The van der Waals surface area contributed by atoms with E-state index in [4.69, 9.17) is 14.0 Å². The number of benzene rings is 1. The molecule has 0 fully saturated rings. The van der Waals surface area contributed by atoms with E-state index < -0.39 is 0 Å². The molecule has 5 heteroatoms. The van der Waals surface area contributed by atoms with Crippen LogP contribution in [-0.4, -0.2) is 17.7 Å². The second-order valence-corrected chi connectivity index (χ2v) is 4.01. The minimum atomic E-state index is -0.358. The smallest absolute Gasteiger partial charge is 0.338 e. The number of ether oxygens (including phenoxy) is 2. The van der Waals surface area contributed by atoms with Crippen molar-refractivity contribution in [3.8, 4) is 11.6 Å². The maximum atomic E-state index is 11.5. The summed E-state index contributed by atoms with van der Waals surface area (Å²) in [5, 5.41) is 3.81. The van der Waals surface area contributed by atoms with Crippen LogP contribution in [0, 0.1) is 6.92 Å². The van der Waals surface area contributed by atoms with Gasteiger partial charge in [-0.25, -0.2) is 4.79 Å². The molecule has 0 atom stereocenters. The SMILES string of the molecule is C=Cc1c(Oc2ccc(C(=O)OCC)cc2)noc1C. The van der Waals surface area contributed by atoms with Crippen molar-refractivity contribution in [3.05, 3.63) is 47.7 Å². The Morgan fingerprint density at radius 2 is 2.10 bits per heavy atom. The van der Waals surface area contributed by atoms with Crippen molar-refractivity contribution in [2.75, 3.05) is 6.61 Å². The van der Waals surface area contributed by atoms with Gasteiger partial charge in [-0.3, -0.25) is 0 Å². The number of aromatic nitrogens is 1. The fourth-order valence-electron chi connectivity index (χ4n) is 1.65. The van der Waals surface area contributed by atoms with Crippen LogP contribution >= 0.6 is 0 Å². The van der Waals surface area contributed by atoms with E-state index in [-0.39, 0.29) is 5.97 Å². The highest BCUT2D eigenvalue weighted by molar-refractivity contribution is 5.89. The lowest BCUT2D eigenvalue weighted by atomic mass is 10.2. The van der Waals surface area contributed by atoms with E-state index in [2.05, 4.69) is 11.7 Å². The molecule has 0 saturated heterocycles. The quantitative estimate of drug-likeness (QED) is 0.779. The van der Waals surface area contributed by atoms with Gasteiger partial charge in [-0.1, -0.05) is 12.7 Å². The molecule has 5 nitrogen and oxygen atoms in total. The summed E-state index contributed by atoms with van der Waals surface area (Å²) in [5.74, 6) is 1.18. The topological polar surface area (TPSA) is 61.6 Å². The van der Waals surface area contributed by atoms with Crippen molar-refractivity contribution in [1.82, 2.24) is 5.16 Å². The highest BCUT2D eigenvalue weighted by atomic mass is 16.5. The Morgan fingerprint density at radius 1 is 1.40 bits per heavy atom. The van der Waals surface area contributed by atoms with Crippen molar-refractivity contribution in [1.29, 1.82) is 0 Å². The first-order chi connectivity index (χ1) is 9.65. The minimum Gasteiger partial charge on any atom is -0.462 e. The average molecular weight is 273 g/mol. The summed E-state index contributed by atoms with van der Waals surface area (Å²) < 4.78 is 15.5. The molecule has 0 saturated carbocycles. The molecule has 1 aromatic carbocycles. The summed E-state index contributed by atoms with van der Waals surface area (Å²) in [4.78, 5) is 11.5. The van der Waals surface area contributed by atoms with Crippen molar-refractivity contribution in [2.45, 2.75) is 13.8 Å². The minimum absolute atomic E-state index is 0.345. The number of aryl methyl sites for hydroxylation is 1. The van der Waals surface area contributed by atoms with Crippen molar-refractivity contribution < 1.29 is 18.8 Å². The Kier molecular flexibility index (Phi) is 4.20. The Bertz CT molecular complexity index is 613. The maximum Gasteiger partial charge on any atom is 0.338 e. The Balaban J connectivity index is 2.14. The molecule has 0 amide bonds. The van der Waals surface area contributed by atoms with E-state index in [1.165, 1.54) is 0 Å². The summed E-state index contributed by atoms with van der Waals surface area (Å²) in [6.07, 6.45) is 1.62. The fourth-order valence-corrected chi connectivity index (χ4v) is 1.65. The molecule has 2 aromatic rings. The molecule has 1 aromatic heterocycles. The Morgan fingerprint density at radius 3 is 2.70 bits per heavy atom. The highest BCUT2D eigenvalue weighted by Gasteiger charge is 2.12. The van der Waals surface area contributed by atoms with Gasteiger partial charge >= 0.3 is 5.97 Å². The molecule has 2 rings (SSSR count). The third-order valence-corrected chi connectivity index (χ3v) is 2.66. The summed E-state index contributed by atoms with van der Waals surface area (Å²) in [6, 6.07) is 6.61. The molecule has 0 aliphatic heterocycles. The first kappa shape index (κ1) is 13.9. The number of esters is 1. The van der Waals surface area contributed by atoms with Gasteiger partial charge in [0.25, 0.3) is 5.88 Å². The average Bonchev–Trinajstić information content (AvgIpc) is 2.80. The molecule has 0 radical (unpaired) electrons. The van der Waals surface area contributed by atoms with E-state index >= 15 is 0 Å². The van der Waals surface area contributed by atoms with Gasteiger partial charge in [0, 0.05) is 0 Å². The molecular formula is C15H15NO4. The van der Waals surface area contributed by atoms with E-state index in [0.29, 0.717) is 35.1 Å². The van der Waals surface area contributed by atoms with Crippen LogP contribution in [0.25, 0.3) is 6.08 Å². The van der Waals surface area contributed by atoms with Gasteiger partial charge in [0.05, 0.1) is 17.7 Å². The molecule has 0 spiro atoms. The molecule has 0 bridgehead atoms. The van der Waals surface area contributed by atoms with Gasteiger partial charge in [0.15, 0.2) is 0 Å². The second kappa shape index (κ2) is 6.06. The van der Waals surface area contributed by atoms with E-state index in [0.717, 1.165) is 0 Å². The van der Waals surface area contributed by atoms with Crippen molar-refractivity contribution >= 4 is 12.0 Å². The molecule has 104 valence electrons. The van der Waals surface area contributed by atoms with Gasteiger partial charge in [-0.05, 0) is 43.3 Å². The number of nitrogens with zero attached hydrogens (tertiary/aromatic N) is 1. The standard InChI is InChI=1S/C15H15NO4/c1-4-13-10(3)20-16-14(13)19-12-8-6-11(7-9-12)15(17)18-5-2/h4,6-9H,1,5H2,2-3H3. The third kappa shape index (κ3) is 2.88. The van der Waals surface area contributed by atoms with Crippen LogP contribution in [0.5, 0.6) is 11.6 Å². The predicted octanol–water partition coefficient (Wildman–Crippen LogP) is 3.60. The second-order valence-electron chi connectivity index (χ2n) is 4.01. The molecule has 0 unspecified atom stereocenters. The van der Waals surface area contributed by atoms with E-state index in [9.17, 15) is 4.79 Å². The predicted molar refractivity (Wildman–Crippen MR) is 73.8 cm³/mol. The van der Waals surface area contributed by atoms with Crippen LogP contribution < -0.4 is 4.74 Å². The molecule has 0 N–H and O–H groups in total. The van der Waals surface area contributed by atoms with Gasteiger partial charge in [-0.2, -0.15) is 0 Å². The van der Waals surface area contributed by atoms with Crippen LogP contribution in [0.15, 0.2) is 35.4 Å². The zero-order chi connectivity index (χ0) is 14.5. The lowest BCUT2D eigenvalue weighted by Crippen LogP contribution is -2.04. The normalized spacial score (nSPS) is 10.1. The third-order valence-electron chi connectivity index (χ3n) is 2.66. The van der Waals surface area contributed by atoms with Crippen LogP contribution in [0.4, 0.5) is 0 Å². The first-order valence-electron chi connectivity index (χ1n) is 6.19. The molecule has 1 heterocycles. The van der Waals surface area contributed by atoms with Crippen LogP contribution in [0.2, 0.25) is 0 Å². The van der Waals surface area contributed by atoms with E-state index in [1.54, 1.807) is 44.2 Å². The van der Waals surface area contributed by atoms with Gasteiger partial charge in [0.1, 0.15) is 11.5 Å². The summed E-state index contributed by atoms with van der Waals surface area (Å²) in [5.41, 5.74) is 1.18. The number of rotatable bonds is 5. The summed E-state index contributed by atoms with van der Waals surface area (Å²) in [7, 11) is 0. The lowest BCUT2D eigenvalue weighted by molar-refractivity contribution is 0.0526. The molecule has 20 heavy (non-hydrogen) atoms. The van der Waals surface area contributed by atoms with Crippen LogP contribution in [-0.2, 0) is 4.74 Å². The zero-order valence-electron chi connectivity index (χ0n) is 11.4. The maximum absolute atomic E-state index is 11.5. The molecular weight excluding hydrogens is 258 g/mol. The highest BCUT2D eigenvalue weighted by Crippen LogP contribution is 2.27. The Hall–Kier alpha value is -2.56. The zero-order valence-corrected chi connectivity index (χ0v) is 11.4. The van der Waals surface area contributed by atoms with Gasteiger partial charge in [-0.15, -0.1) is 0 Å². The lowest BCUT2D eigenvalue weighted by Gasteiger charge is -2.04. The fraction of sp³-hybridized carbons (Fsp3) is 0.200. The van der Waals surface area contributed by atoms with Gasteiger partial charge < -0.3 is 14.0 Å². The van der Waals surface area contributed by atoms with Crippen molar-refractivity contribution in [3.63, 3.8) is 0 Å². The largest absolute Gasteiger partial charge is 0.462 e. The van der Waals surface area contributed by atoms with Gasteiger partial charge in [0.2, 0.25) is 0 Å². The first-order valence-corrected chi connectivity index (χ1v) is 6.19. The monoisotopic (exact) mass is 273 g/mol. The number of carbonyl (C=O) groups excluding carboxylic acids is 1. The number of hydrogen-bond acceptors (Lipinski definition) is 5. The molecule has 0 aliphatic rings. The van der Waals surface area contributed by atoms with Crippen molar-refractivity contribution in [2.24, 2.45) is 0 Å². The molecule has 0 aliphatic carbocycles. The van der Waals surface area contributed by atoms with Crippen LogP contribution in [0.3, 0.4) is 0 Å². The summed E-state index contributed by atoms with van der Waals surface area (Å²) >= 11 is 0. The number of carbonyl (C=O) groups is 1. The van der Waals surface area contributed by atoms with E-state index in [1.807, 2.05) is 0 Å². The van der Waals surface area contributed by atoms with Crippen LogP contribution in [0.1, 0.15) is 28.6 Å². The number of hydrogen-bond donors (Lipinski definition) is 0. The Labute approximate surface area is 116 Å².